The van der Waals surface area contributed by atoms with Crippen molar-refractivity contribution < 1.29 is 9.90 Å². The molecule has 2 N–H and O–H groups in total. The lowest BCUT2D eigenvalue weighted by atomic mass is 10.1. The molecule has 0 aliphatic rings. The number of aliphatic hydroxyl groups excluding tert-OH is 1. The molecule has 1 amide bonds. The fourth-order valence-corrected chi connectivity index (χ4v) is 1.62. The van der Waals surface area contributed by atoms with Crippen LogP contribution in [-0.4, -0.2) is 27.8 Å². The first-order valence-electron chi connectivity index (χ1n) is 5.68. The lowest BCUT2D eigenvalue weighted by Crippen LogP contribution is -2.18. The minimum atomic E-state index is -0.488. The number of rotatable bonds is 3. The molecule has 1 aromatic carbocycles. The van der Waals surface area contributed by atoms with Crippen molar-refractivity contribution in [2.24, 2.45) is 0 Å². The monoisotopic (exact) mass is 245 g/mol. The molecule has 0 saturated heterocycles. The van der Waals surface area contributed by atoms with Crippen molar-refractivity contribution in [1.82, 2.24) is 15.1 Å². The Kier molecular flexibility index (Phi) is 3.43. The number of carbonyl (C=O) groups is 1. The molecule has 0 unspecified atom stereocenters. The summed E-state index contributed by atoms with van der Waals surface area (Å²) in [6.07, 6.45) is 1.24. The minimum Gasteiger partial charge on any atom is -0.389 e. The van der Waals surface area contributed by atoms with E-state index in [4.69, 9.17) is 0 Å². The number of amides is 1. The molecular formula is C13H15N3O2. The molecule has 0 fully saturated rings. The Morgan fingerprint density at radius 1 is 1.33 bits per heavy atom. The molecule has 0 aliphatic carbocycles. The van der Waals surface area contributed by atoms with Crippen LogP contribution in [0, 0.1) is 0 Å². The van der Waals surface area contributed by atoms with E-state index in [0.717, 1.165) is 11.3 Å². The van der Waals surface area contributed by atoms with E-state index in [9.17, 15) is 9.90 Å². The molecular weight excluding hydrogens is 230 g/mol. The predicted molar refractivity (Wildman–Crippen MR) is 67.6 cm³/mol. The van der Waals surface area contributed by atoms with E-state index < -0.39 is 6.10 Å². The van der Waals surface area contributed by atoms with Crippen molar-refractivity contribution in [3.05, 3.63) is 47.8 Å². The normalized spacial score (nSPS) is 12.2. The van der Waals surface area contributed by atoms with Gasteiger partial charge in [0, 0.05) is 13.2 Å². The average Bonchev–Trinajstić information content (AvgIpc) is 2.87. The van der Waals surface area contributed by atoms with Gasteiger partial charge in [-0.2, -0.15) is 5.10 Å². The van der Waals surface area contributed by atoms with Crippen LogP contribution in [0.5, 0.6) is 0 Å². The standard InChI is InChI=1S/C13H15N3O2/c1-9(17)10-3-5-11(6-4-10)16-8-7-12(15-16)13(18)14-2/h3-9,17H,1-2H3,(H,14,18)/t9-/m1/s1. The van der Waals surface area contributed by atoms with E-state index in [2.05, 4.69) is 10.4 Å². The average molecular weight is 245 g/mol. The quantitative estimate of drug-likeness (QED) is 0.856. The van der Waals surface area contributed by atoms with Crippen LogP contribution in [0.1, 0.15) is 29.1 Å². The van der Waals surface area contributed by atoms with Gasteiger partial charge in [-0.1, -0.05) is 12.1 Å². The van der Waals surface area contributed by atoms with Crippen molar-refractivity contribution >= 4 is 5.91 Å². The van der Waals surface area contributed by atoms with Gasteiger partial charge in [0.25, 0.3) is 5.91 Å². The maximum Gasteiger partial charge on any atom is 0.271 e. The van der Waals surface area contributed by atoms with E-state index in [1.807, 2.05) is 24.3 Å². The molecule has 94 valence electrons. The van der Waals surface area contributed by atoms with E-state index in [-0.39, 0.29) is 5.91 Å². The third-order valence-corrected chi connectivity index (χ3v) is 2.69. The highest BCUT2D eigenvalue weighted by atomic mass is 16.3. The summed E-state index contributed by atoms with van der Waals surface area (Å²) in [7, 11) is 1.57. The zero-order valence-corrected chi connectivity index (χ0v) is 10.3. The highest BCUT2D eigenvalue weighted by Gasteiger charge is 2.08. The largest absolute Gasteiger partial charge is 0.389 e. The maximum absolute atomic E-state index is 11.4. The number of hydrogen-bond donors (Lipinski definition) is 2. The maximum atomic E-state index is 11.4. The number of hydrogen-bond acceptors (Lipinski definition) is 3. The van der Waals surface area contributed by atoms with Gasteiger partial charge in [-0.25, -0.2) is 4.68 Å². The van der Waals surface area contributed by atoms with Crippen molar-refractivity contribution in [3.63, 3.8) is 0 Å². The number of aliphatic hydroxyl groups is 1. The van der Waals surface area contributed by atoms with Gasteiger partial charge in [-0.15, -0.1) is 0 Å². The van der Waals surface area contributed by atoms with Gasteiger partial charge >= 0.3 is 0 Å². The topological polar surface area (TPSA) is 67.2 Å². The molecule has 18 heavy (non-hydrogen) atoms. The number of nitrogens with zero attached hydrogens (tertiary/aromatic N) is 2. The second kappa shape index (κ2) is 5.01. The summed E-state index contributed by atoms with van der Waals surface area (Å²) in [5, 5.41) is 16.1. The predicted octanol–water partition coefficient (Wildman–Crippen LogP) is 1.29. The third kappa shape index (κ3) is 2.41. The highest BCUT2D eigenvalue weighted by molar-refractivity contribution is 5.91. The molecule has 0 spiro atoms. The van der Waals surface area contributed by atoms with Crippen LogP contribution in [0.3, 0.4) is 0 Å². The number of carbonyl (C=O) groups excluding carboxylic acids is 1. The van der Waals surface area contributed by atoms with Gasteiger partial charge in [0.2, 0.25) is 0 Å². The number of aromatic nitrogens is 2. The summed E-state index contributed by atoms with van der Waals surface area (Å²) in [4.78, 5) is 11.4. The Morgan fingerprint density at radius 2 is 2.00 bits per heavy atom. The van der Waals surface area contributed by atoms with Gasteiger partial charge in [0.15, 0.2) is 5.69 Å². The van der Waals surface area contributed by atoms with Crippen LogP contribution in [-0.2, 0) is 0 Å². The van der Waals surface area contributed by atoms with Gasteiger partial charge in [0.05, 0.1) is 11.8 Å². The second-order valence-corrected chi connectivity index (χ2v) is 3.99. The smallest absolute Gasteiger partial charge is 0.271 e. The molecule has 0 bridgehead atoms. The number of nitrogens with one attached hydrogen (secondary N) is 1. The Balaban J connectivity index is 2.26. The molecule has 5 heteroatoms. The first kappa shape index (κ1) is 12.3. The first-order chi connectivity index (χ1) is 8.61. The fraction of sp³-hybridized carbons (Fsp3) is 0.231. The molecule has 0 radical (unpaired) electrons. The Hall–Kier alpha value is -2.14. The van der Waals surface area contributed by atoms with Crippen LogP contribution in [0.4, 0.5) is 0 Å². The molecule has 5 nitrogen and oxygen atoms in total. The fourth-order valence-electron chi connectivity index (χ4n) is 1.62. The zero-order valence-electron chi connectivity index (χ0n) is 10.3. The Morgan fingerprint density at radius 3 is 2.56 bits per heavy atom. The summed E-state index contributed by atoms with van der Waals surface area (Å²) < 4.78 is 1.62. The molecule has 1 atom stereocenters. The summed E-state index contributed by atoms with van der Waals surface area (Å²) in [6, 6.07) is 9.02. The lowest BCUT2D eigenvalue weighted by Gasteiger charge is -2.06. The van der Waals surface area contributed by atoms with E-state index in [0.29, 0.717) is 5.69 Å². The molecule has 0 saturated carbocycles. The third-order valence-electron chi connectivity index (χ3n) is 2.69. The second-order valence-electron chi connectivity index (χ2n) is 3.99. The summed E-state index contributed by atoms with van der Waals surface area (Å²) in [5.74, 6) is -0.214. The minimum absolute atomic E-state index is 0.214. The van der Waals surface area contributed by atoms with E-state index in [1.165, 1.54) is 0 Å². The van der Waals surface area contributed by atoms with Crippen LogP contribution in [0.15, 0.2) is 36.5 Å². The van der Waals surface area contributed by atoms with Gasteiger partial charge in [0.1, 0.15) is 0 Å². The van der Waals surface area contributed by atoms with Crippen molar-refractivity contribution in [3.8, 4) is 5.69 Å². The zero-order chi connectivity index (χ0) is 13.1. The molecule has 1 aromatic heterocycles. The van der Waals surface area contributed by atoms with Crippen molar-refractivity contribution in [1.29, 1.82) is 0 Å². The Bertz CT molecular complexity index is 544. The highest BCUT2D eigenvalue weighted by Crippen LogP contribution is 2.15. The van der Waals surface area contributed by atoms with Crippen LogP contribution in [0.25, 0.3) is 5.69 Å². The molecule has 1 heterocycles. The van der Waals surface area contributed by atoms with Gasteiger partial charge < -0.3 is 10.4 Å². The first-order valence-corrected chi connectivity index (χ1v) is 5.68. The molecule has 2 rings (SSSR count). The summed E-state index contributed by atoms with van der Waals surface area (Å²) in [6.45, 7) is 1.71. The summed E-state index contributed by atoms with van der Waals surface area (Å²) >= 11 is 0. The number of benzene rings is 1. The van der Waals surface area contributed by atoms with Crippen LogP contribution in [0.2, 0.25) is 0 Å². The van der Waals surface area contributed by atoms with E-state index >= 15 is 0 Å². The molecule has 2 aromatic rings. The van der Waals surface area contributed by atoms with E-state index in [1.54, 1.807) is 30.9 Å². The van der Waals surface area contributed by atoms with Gasteiger partial charge in [-0.3, -0.25) is 4.79 Å². The molecule has 0 aliphatic heterocycles. The van der Waals surface area contributed by atoms with Crippen molar-refractivity contribution in [2.45, 2.75) is 13.0 Å². The Labute approximate surface area is 105 Å². The van der Waals surface area contributed by atoms with Gasteiger partial charge in [-0.05, 0) is 30.7 Å². The summed E-state index contributed by atoms with van der Waals surface area (Å²) in [5.41, 5.74) is 2.06. The van der Waals surface area contributed by atoms with Crippen molar-refractivity contribution in [2.75, 3.05) is 7.05 Å². The SMILES string of the molecule is CNC(=O)c1ccn(-c2ccc([C@@H](C)O)cc2)n1. The lowest BCUT2D eigenvalue weighted by molar-refractivity contribution is 0.0957. The van der Waals surface area contributed by atoms with Crippen LogP contribution >= 0.6 is 0 Å². The van der Waals surface area contributed by atoms with Crippen LogP contribution < -0.4 is 5.32 Å².